The third kappa shape index (κ3) is 3.41. The Morgan fingerprint density at radius 1 is 1.20 bits per heavy atom. The van der Waals surface area contributed by atoms with Gasteiger partial charge in [-0.2, -0.15) is 0 Å². The Morgan fingerprint density at radius 3 is 2.87 bits per heavy atom. The van der Waals surface area contributed by atoms with Gasteiger partial charge in [0.05, 0.1) is 11.2 Å². The number of fused-ring (bicyclic) bond motifs is 4. The van der Waals surface area contributed by atoms with Crippen LogP contribution in [0.1, 0.15) is 23.8 Å². The van der Waals surface area contributed by atoms with Gasteiger partial charge in [-0.15, -0.1) is 0 Å². The van der Waals surface area contributed by atoms with Crippen molar-refractivity contribution in [2.24, 2.45) is 5.92 Å². The number of pyridine rings is 1. The first-order valence-corrected chi connectivity index (χ1v) is 11.0. The highest BCUT2D eigenvalue weighted by molar-refractivity contribution is 8.26. The molecule has 154 valence electrons. The number of piperidine rings is 1. The number of thiocarbonyl (C=S) groups is 1. The molecule has 0 aliphatic carbocycles. The van der Waals surface area contributed by atoms with Crippen LogP contribution in [-0.4, -0.2) is 50.1 Å². The van der Waals surface area contributed by atoms with Crippen molar-refractivity contribution in [3.8, 4) is 0 Å². The van der Waals surface area contributed by atoms with Crippen molar-refractivity contribution in [3.05, 3.63) is 63.3 Å². The second-order valence-electron chi connectivity index (χ2n) is 7.78. The van der Waals surface area contributed by atoms with Crippen molar-refractivity contribution in [1.82, 2.24) is 14.4 Å². The molecule has 0 unspecified atom stereocenters. The highest BCUT2D eigenvalue weighted by atomic mass is 32.2. The molecule has 2 aromatic rings. The van der Waals surface area contributed by atoms with E-state index in [0.29, 0.717) is 34.6 Å². The Morgan fingerprint density at radius 2 is 2.07 bits per heavy atom. The Balaban J connectivity index is 1.30. The topological polar surface area (TPSA) is 75.8 Å². The minimum absolute atomic E-state index is 0.0166. The van der Waals surface area contributed by atoms with Crippen molar-refractivity contribution in [2.45, 2.75) is 18.9 Å². The number of carbonyl (C=O) groups is 2. The third-order valence-corrected chi connectivity index (χ3v) is 7.19. The average molecular weight is 442 g/mol. The van der Waals surface area contributed by atoms with Gasteiger partial charge < -0.3 is 13.9 Å². The van der Waals surface area contributed by atoms with E-state index in [2.05, 4.69) is 0 Å². The summed E-state index contributed by atoms with van der Waals surface area (Å²) < 4.78 is 7.48. The van der Waals surface area contributed by atoms with E-state index in [1.165, 1.54) is 22.9 Å². The number of hydrogen-bond donors (Lipinski definition) is 0. The van der Waals surface area contributed by atoms with E-state index in [4.69, 9.17) is 16.6 Å². The fraction of sp³-hybridized carbons (Fsp3) is 0.333. The number of rotatable bonds is 3. The van der Waals surface area contributed by atoms with Gasteiger partial charge in [-0.25, -0.2) is 0 Å². The van der Waals surface area contributed by atoms with Gasteiger partial charge in [-0.05, 0) is 30.5 Å². The van der Waals surface area contributed by atoms with Crippen LogP contribution >= 0.6 is 24.0 Å². The maximum Gasteiger partial charge on any atom is 0.266 e. The first-order valence-electron chi connectivity index (χ1n) is 9.76. The molecule has 0 radical (unpaired) electrons. The highest BCUT2D eigenvalue weighted by Gasteiger charge is 2.39. The summed E-state index contributed by atoms with van der Waals surface area (Å²) in [6, 6.07) is 8.83. The number of aromatic nitrogens is 1. The van der Waals surface area contributed by atoms with E-state index in [1.807, 2.05) is 15.5 Å². The molecule has 7 nitrogen and oxygen atoms in total. The predicted molar refractivity (Wildman–Crippen MR) is 117 cm³/mol. The first-order chi connectivity index (χ1) is 14.5. The number of hydrogen-bond acceptors (Lipinski definition) is 6. The van der Waals surface area contributed by atoms with E-state index in [-0.39, 0.29) is 35.8 Å². The number of amides is 2. The molecule has 5 heterocycles. The van der Waals surface area contributed by atoms with Crippen molar-refractivity contribution >= 4 is 46.2 Å². The van der Waals surface area contributed by atoms with Crippen LogP contribution < -0.4 is 5.56 Å². The zero-order valence-electron chi connectivity index (χ0n) is 16.0. The van der Waals surface area contributed by atoms with Gasteiger partial charge >= 0.3 is 0 Å². The standard InChI is InChI=1S/C21H19N3O4S2/c25-18-5-1-4-16-14-7-13(10-23(16)18)9-22(11-14)19(26)12-24-20(27)17(30-21(24)29)8-15-3-2-6-28-15/h1-6,8,13-14H,7,9-12H2/b17-8-/t13-,14-/m1/s1. The second kappa shape index (κ2) is 7.55. The second-order valence-corrected chi connectivity index (χ2v) is 9.46. The van der Waals surface area contributed by atoms with Crippen LogP contribution in [0.4, 0.5) is 0 Å². The predicted octanol–water partition coefficient (Wildman–Crippen LogP) is 2.29. The van der Waals surface area contributed by atoms with Crippen LogP contribution in [0, 0.1) is 5.92 Å². The average Bonchev–Trinajstić information content (AvgIpc) is 3.33. The van der Waals surface area contributed by atoms with Gasteiger partial charge in [0, 0.05) is 43.4 Å². The molecule has 2 amide bonds. The van der Waals surface area contributed by atoms with E-state index < -0.39 is 0 Å². The Bertz CT molecular complexity index is 1120. The maximum absolute atomic E-state index is 13.0. The normalized spacial score (nSPS) is 24.5. The summed E-state index contributed by atoms with van der Waals surface area (Å²) in [6.07, 6.45) is 4.15. The van der Waals surface area contributed by atoms with Crippen LogP contribution in [0.3, 0.4) is 0 Å². The molecule has 3 aliphatic heterocycles. The van der Waals surface area contributed by atoms with Crippen LogP contribution in [0.5, 0.6) is 0 Å². The maximum atomic E-state index is 13.0. The number of nitrogens with zero attached hydrogens (tertiary/aromatic N) is 3. The minimum atomic E-state index is -0.274. The van der Waals surface area contributed by atoms with Gasteiger partial charge in [-0.3, -0.25) is 19.3 Å². The lowest BCUT2D eigenvalue weighted by molar-refractivity contribution is -0.137. The van der Waals surface area contributed by atoms with Crippen LogP contribution in [0.2, 0.25) is 0 Å². The lowest BCUT2D eigenvalue weighted by Gasteiger charge is -2.43. The summed E-state index contributed by atoms with van der Waals surface area (Å²) >= 11 is 6.52. The van der Waals surface area contributed by atoms with E-state index in [1.54, 1.807) is 30.3 Å². The lowest BCUT2D eigenvalue weighted by atomic mass is 9.83. The molecule has 3 aliphatic rings. The smallest absolute Gasteiger partial charge is 0.266 e. The van der Waals surface area contributed by atoms with Crippen molar-refractivity contribution in [2.75, 3.05) is 19.6 Å². The summed E-state index contributed by atoms with van der Waals surface area (Å²) in [5, 5.41) is 0. The molecular weight excluding hydrogens is 422 g/mol. The molecule has 0 aromatic carbocycles. The Hall–Kier alpha value is -2.65. The van der Waals surface area contributed by atoms with Crippen molar-refractivity contribution < 1.29 is 14.0 Å². The van der Waals surface area contributed by atoms with Crippen molar-refractivity contribution in [3.63, 3.8) is 0 Å². The number of carbonyl (C=O) groups excluding carboxylic acids is 2. The SMILES string of the molecule is O=C(CN1C(=O)/C(=C/c2ccco2)SC1=S)N1C[C@H]2C[C@H](C1)c1cccc(=O)n1C2. The van der Waals surface area contributed by atoms with Gasteiger partial charge in [0.25, 0.3) is 11.5 Å². The fourth-order valence-electron chi connectivity index (χ4n) is 4.47. The quantitative estimate of drug-likeness (QED) is 0.537. The molecule has 2 saturated heterocycles. The lowest BCUT2D eigenvalue weighted by Crippen LogP contribution is -2.51. The fourth-order valence-corrected chi connectivity index (χ4v) is 5.71. The van der Waals surface area contributed by atoms with Gasteiger partial charge in [0.2, 0.25) is 5.91 Å². The number of furan rings is 1. The van der Waals surface area contributed by atoms with Gasteiger partial charge in [0.15, 0.2) is 0 Å². The zero-order chi connectivity index (χ0) is 20.8. The largest absolute Gasteiger partial charge is 0.465 e. The van der Waals surface area contributed by atoms with Crippen LogP contribution in [0.15, 0.2) is 50.7 Å². The van der Waals surface area contributed by atoms with Crippen molar-refractivity contribution in [1.29, 1.82) is 0 Å². The van der Waals surface area contributed by atoms with Gasteiger partial charge in [0.1, 0.15) is 16.6 Å². The van der Waals surface area contributed by atoms with E-state index >= 15 is 0 Å². The molecule has 0 saturated carbocycles. The van der Waals surface area contributed by atoms with E-state index in [9.17, 15) is 14.4 Å². The molecule has 9 heteroatoms. The minimum Gasteiger partial charge on any atom is -0.465 e. The van der Waals surface area contributed by atoms with Crippen LogP contribution in [0.25, 0.3) is 6.08 Å². The number of likely N-dealkylation sites (tertiary alicyclic amines) is 1. The third-order valence-electron chi connectivity index (χ3n) is 5.82. The molecule has 5 rings (SSSR count). The molecule has 0 N–H and O–H groups in total. The summed E-state index contributed by atoms with van der Waals surface area (Å²) in [5.74, 6) is 0.557. The summed E-state index contributed by atoms with van der Waals surface area (Å²) in [6.45, 7) is 1.70. The zero-order valence-corrected chi connectivity index (χ0v) is 17.7. The first kappa shape index (κ1) is 19.3. The molecule has 2 aromatic heterocycles. The molecule has 30 heavy (non-hydrogen) atoms. The summed E-state index contributed by atoms with van der Waals surface area (Å²) in [4.78, 5) is 41.6. The summed E-state index contributed by atoms with van der Waals surface area (Å²) in [7, 11) is 0. The molecule has 0 spiro atoms. The molecule has 2 atom stereocenters. The summed E-state index contributed by atoms with van der Waals surface area (Å²) in [5.41, 5.74) is 1.01. The highest BCUT2D eigenvalue weighted by Crippen LogP contribution is 2.36. The van der Waals surface area contributed by atoms with E-state index in [0.717, 1.165) is 12.1 Å². The molecular formula is C21H19N3O4S2. The Labute approximate surface area is 182 Å². The van der Waals surface area contributed by atoms with Crippen LogP contribution in [-0.2, 0) is 16.1 Å². The Kier molecular flexibility index (Phi) is 4.86. The monoisotopic (exact) mass is 441 g/mol. The molecule has 2 fully saturated rings. The molecule has 2 bridgehead atoms. The van der Waals surface area contributed by atoms with Gasteiger partial charge in [-0.1, -0.05) is 30.0 Å². The number of thioether (sulfide) groups is 1.